The van der Waals surface area contributed by atoms with Gasteiger partial charge in [-0.3, -0.25) is 4.79 Å². The number of ether oxygens (including phenoxy) is 1. The van der Waals surface area contributed by atoms with Crippen molar-refractivity contribution in [2.24, 2.45) is 0 Å². The smallest absolute Gasteiger partial charge is 0.189 e. The Bertz CT molecular complexity index is 942. The molecule has 0 aliphatic heterocycles. The molecular formula is C22H21NO2. The van der Waals surface area contributed by atoms with E-state index in [0.717, 1.165) is 16.6 Å². The molecule has 0 radical (unpaired) electrons. The lowest BCUT2D eigenvalue weighted by atomic mass is 10.0. The first-order valence-electron chi connectivity index (χ1n) is 8.15. The summed E-state index contributed by atoms with van der Waals surface area (Å²) in [5, 5.41) is 2.34. The zero-order chi connectivity index (χ0) is 17.8. The average Bonchev–Trinajstić information content (AvgIpc) is 2.65. The van der Waals surface area contributed by atoms with Gasteiger partial charge in [0.1, 0.15) is 5.75 Å². The van der Waals surface area contributed by atoms with Crippen LogP contribution in [0.4, 0.5) is 5.69 Å². The quantitative estimate of drug-likeness (QED) is 0.496. The number of nitrogens with zero attached hydrogens (tertiary/aromatic N) is 1. The van der Waals surface area contributed by atoms with Crippen LogP contribution < -0.4 is 9.64 Å². The summed E-state index contributed by atoms with van der Waals surface area (Å²) in [5.41, 5.74) is 2.55. The van der Waals surface area contributed by atoms with Crippen LogP contribution in [0.2, 0.25) is 0 Å². The van der Waals surface area contributed by atoms with Gasteiger partial charge in [-0.05, 0) is 40.6 Å². The van der Waals surface area contributed by atoms with Gasteiger partial charge in [0, 0.05) is 25.8 Å². The van der Waals surface area contributed by atoms with E-state index >= 15 is 0 Å². The maximum atomic E-state index is 12.6. The van der Waals surface area contributed by atoms with Crippen molar-refractivity contribution in [3.63, 3.8) is 0 Å². The first kappa shape index (κ1) is 16.8. The topological polar surface area (TPSA) is 29.5 Å². The van der Waals surface area contributed by atoms with Gasteiger partial charge < -0.3 is 9.64 Å². The van der Waals surface area contributed by atoms with Gasteiger partial charge in [-0.15, -0.1) is 0 Å². The van der Waals surface area contributed by atoms with Crippen molar-refractivity contribution in [3.8, 4) is 5.75 Å². The second kappa shape index (κ2) is 7.22. The van der Waals surface area contributed by atoms with Crippen molar-refractivity contribution in [2.45, 2.75) is 0 Å². The van der Waals surface area contributed by atoms with Crippen LogP contribution in [0.15, 0.2) is 66.7 Å². The molecule has 0 unspecified atom stereocenters. The number of carbonyl (C=O) groups is 1. The average molecular weight is 331 g/mol. The van der Waals surface area contributed by atoms with E-state index in [1.54, 1.807) is 19.3 Å². The molecule has 0 bridgehead atoms. The summed E-state index contributed by atoms with van der Waals surface area (Å²) in [7, 11) is 5.49. The zero-order valence-electron chi connectivity index (χ0n) is 14.7. The van der Waals surface area contributed by atoms with Crippen LogP contribution in [0.5, 0.6) is 5.75 Å². The molecule has 0 atom stereocenters. The molecule has 3 rings (SSSR count). The maximum Gasteiger partial charge on any atom is 0.189 e. The minimum atomic E-state index is -0.0738. The third-order valence-electron chi connectivity index (χ3n) is 4.17. The second-order valence-electron chi connectivity index (χ2n) is 6.08. The molecule has 0 aromatic heterocycles. The number of carbonyl (C=O) groups excluding carboxylic acids is 1. The first-order valence-corrected chi connectivity index (χ1v) is 8.15. The number of anilines is 1. The predicted molar refractivity (Wildman–Crippen MR) is 105 cm³/mol. The fourth-order valence-electron chi connectivity index (χ4n) is 2.73. The Kier molecular flexibility index (Phi) is 4.85. The van der Waals surface area contributed by atoms with E-state index in [1.165, 1.54) is 5.39 Å². The van der Waals surface area contributed by atoms with Crippen LogP contribution in [0.1, 0.15) is 15.9 Å². The normalized spacial score (nSPS) is 11.0. The molecular weight excluding hydrogens is 310 g/mol. The van der Waals surface area contributed by atoms with E-state index in [-0.39, 0.29) is 5.78 Å². The molecule has 0 fully saturated rings. The molecule has 0 N–H and O–H groups in total. The summed E-state index contributed by atoms with van der Waals surface area (Å²) in [6.45, 7) is 0. The van der Waals surface area contributed by atoms with Crippen molar-refractivity contribution >= 4 is 28.3 Å². The fraction of sp³-hybridized carbons (Fsp3) is 0.136. The molecule has 3 aromatic rings. The number of hydrogen-bond donors (Lipinski definition) is 0. The van der Waals surface area contributed by atoms with Gasteiger partial charge in [0.15, 0.2) is 5.78 Å². The highest BCUT2D eigenvalue weighted by molar-refractivity contribution is 6.09. The summed E-state index contributed by atoms with van der Waals surface area (Å²) in [5.74, 6) is 0.509. The lowest BCUT2D eigenvalue weighted by molar-refractivity contribution is 0.104. The van der Waals surface area contributed by atoms with Gasteiger partial charge in [-0.25, -0.2) is 0 Å². The van der Waals surface area contributed by atoms with E-state index < -0.39 is 0 Å². The van der Waals surface area contributed by atoms with Crippen molar-refractivity contribution < 1.29 is 9.53 Å². The van der Waals surface area contributed by atoms with E-state index in [2.05, 4.69) is 24.3 Å². The Balaban J connectivity index is 1.86. The Morgan fingerprint density at radius 3 is 2.44 bits per heavy atom. The fourth-order valence-corrected chi connectivity index (χ4v) is 2.73. The summed E-state index contributed by atoms with van der Waals surface area (Å²) < 4.78 is 5.39. The predicted octanol–water partition coefficient (Wildman–Crippen LogP) is 4.81. The Labute approximate surface area is 148 Å². The van der Waals surface area contributed by atoms with E-state index in [4.69, 9.17) is 4.74 Å². The highest BCUT2D eigenvalue weighted by Crippen LogP contribution is 2.25. The van der Waals surface area contributed by atoms with Crippen molar-refractivity contribution in [3.05, 3.63) is 77.9 Å². The highest BCUT2D eigenvalue weighted by atomic mass is 16.5. The van der Waals surface area contributed by atoms with E-state index in [9.17, 15) is 4.79 Å². The van der Waals surface area contributed by atoms with Crippen LogP contribution in [0.25, 0.3) is 16.8 Å². The molecule has 3 aromatic carbocycles. The van der Waals surface area contributed by atoms with Gasteiger partial charge in [0.2, 0.25) is 0 Å². The Morgan fingerprint density at radius 2 is 1.72 bits per heavy atom. The van der Waals surface area contributed by atoms with Gasteiger partial charge in [-0.2, -0.15) is 0 Å². The number of hydrogen-bond acceptors (Lipinski definition) is 3. The molecule has 0 aliphatic carbocycles. The van der Waals surface area contributed by atoms with Crippen molar-refractivity contribution in [1.82, 2.24) is 0 Å². The zero-order valence-corrected chi connectivity index (χ0v) is 14.7. The molecule has 0 amide bonds. The highest BCUT2D eigenvalue weighted by Gasteiger charge is 2.11. The van der Waals surface area contributed by atoms with Gasteiger partial charge >= 0.3 is 0 Å². The van der Waals surface area contributed by atoms with Gasteiger partial charge in [-0.1, -0.05) is 42.5 Å². The first-order chi connectivity index (χ1) is 12.1. The minimum absolute atomic E-state index is 0.0738. The third kappa shape index (κ3) is 3.72. The lowest BCUT2D eigenvalue weighted by Gasteiger charge is -2.15. The molecule has 3 nitrogen and oxygen atoms in total. The summed E-state index contributed by atoms with van der Waals surface area (Å²) >= 11 is 0. The van der Waals surface area contributed by atoms with Crippen LogP contribution in [-0.2, 0) is 0 Å². The molecule has 3 heteroatoms. The standard InChI is InChI=1S/C22H21NO2/c1-23(2)19-11-12-20(22(15-19)25-3)21(24)13-9-16-8-10-17-6-4-5-7-18(17)14-16/h4-15H,1-3H3/b13-9+. The van der Waals surface area contributed by atoms with Crippen LogP contribution in [0, 0.1) is 0 Å². The van der Waals surface area contributed by atoms with E-state index in [0.29, 0.717) is 11.3 Å². The Hall–Kier alpha value is -3.07. The summed E-state index contributed by atoms with van der Waals surface area (Å²) in [4.78, 5) is 14.5. The molecule has 0 spiro atoms. The molecule has 0 saturated carbocycles. The van der Waals surface area contributed by atoms with Crippen LogP contribution in [0.3, 0.4) is 0 Å². The number of benzene rings is 3. The number of ketones is 1. The minimum Gasteiger partial charge on any atom is -0.496 e. The number of fused-ring (bicyclic) bond motifs is 1. The number of allylic oxidation sites excluding steroid dienone is 1. The van der Waals surface area contributed by atoms with Crippen molar-refractivity contribution in [2.75, 3.05) is 26.1 Å². The van der Waals surface area contributed by atoms with Crippen LogP contribution >= 0.6 is 0 Å². The summed E-state index contributed by atoms with van der Waals surface area (Å²) in [6.07, 6.45) is 3.44. The largest absolute Gasteiger partial charge is 0.496 e. The number of rotatable bonds is 5. The monoisotopic (exact) mass is 331 g/mol. The van der Waals surface area contributed by atoms with Crippen molar-refractivity contribution in [1.29, 1.82) is 0 Å². The third-order valence-corrected chi connectivity index (χ3v) is 4.17. The molecule has 0 heterocycles. The SMILES string of the molecule is COc1cc(N(C)C)ccc1C(=O)/C=C/c1ccc2ccccc2c1. The summed E-state index contributed by atoms with van der Waals surface area (Å²) in [6, 6.07) is 19.9. The van der Waals surface area contributed by atoms with Gasteiger partial charge in [0.05, 0.1) is 12.7 Å². The Morgan fingerprint density at radius 1 is 0.960 bits per heavy atom. The molecule has 0 saturated heterocycles. The molecule has 0 aliphatic rings. The lowest BCUT2D eigenvalue weighted by Crippen LogP contribution is -2.09. The second-order valence-corrected chi connectivity index (χ2v) is 6.08. The molecule has 126 valence electrons. The van der Waals surface area contributed by atoms with Gasteiger partial charge in [0.25, 0.3) is 0 Å². The van der Waals surface area contributed by atoms with E-state index in [1.807, 2.05) is 55.4 Å². The van der Waals surface area contributed by atoms with Crippen LogP contribution in [-0.4, -0.2) is 27.0 Å². The molecule has 25 heavy (non-hydrogen) atoms. The maximum absolute atomic E-state index is 12.6. The number of methoxy groups -OCH3 is 1.